The first kappa shape index (κ1) is 12.7. The van der Waals surface area contributed by atoms with Crippen molar-refractivity contribution in [2.75, 3.05) is 26.0 Å². The Morgan fingerprint density at radius 2 is 2.38 bits per heavy atom. The Hall–Kier alpha value is -1.36. The number of aromatic nitrogens is 1. The summed E-state index contributed by atoms with van der Waals surface area (Å²) < 4.78 is 0. The third kappa shape index (κ3) is 4.02. The molecule has 0 spiro atoms. The quantitative estimate of drug-likeness (QED) is 0.611. The van der Waals surface area contributed by atoms with E-state index in [1.807, 2.05) is 19.0 Å². The molecule has 0 radical (unpaired) electrons. The third-order valence-corrected chi connectivity index (χ3v) is 2.77. The number of nitrogens with one attached hydrogen (secondary N) is 1. The number of allylic oxidation sites excluding steroid dienone is 1. The molecule has 0 aromatic carbocycles. The first-order valence-electron chi connectivity index (χ1n) is 5.22. The van der Waals surface area contributed by atoms with Crippen LogP contribution >= 0.6 is 11.3 Å². The number of hydrogen-bond acceptors (Lipinski definition) is 5. The molecule has 0 aliphatic heterocycles. The summed E-state index contributed by atoms with van der Waals surface area (Å²) in [6.07, 6.45) is 5.95. The maximum Gasteiger partial charge on any atom is 0.198 e. The summed E-state index contributed by atoms with van der Waals surface area (Å²) in [5.74, 6) is -0.00394. The Morgan fingerprint density at radius 3 is 3.00 bits per heavy atom. The molecule has 4 nitrogen and oxygen atoms in total. The molecular formula is C11H17N3OS. The second kappa shape index (κ2) is 6.27. The van der Waals surface area contributed by atoms with Gasteiger partial charge in [-0.3, -0.25) is 4.79 Å². The average molecular weight is 239 g/mol. The van der Waals surface area contributed by atoms with Crippen LogP contribution in [0.5, 0.6) is 0 Å². The fraction of sp³-hybridized carbons (Fsp3) is 0.455. The molecule has 88 valence electrons. The molecule has 0 aliphatic carbocycles. The molecule has 16 heavy (non-hydrogen) atoms. The van der Waals surface area contributed by atoms with Crippen LogP contribution in [-0.2, 0) is 0 Å². The van der Waals surface area contributed by atoms with Crippen LogP contribution in [0, 0.1) is 0 Å². The smallest absolute Gasteiger partial charge is 0.198 e. The molecule has 0 atom stereocenters. The van der Waals surface area contributed by atoms with E-state index in [1.165, 1.54) is 11.3 Å². The summed E-state index contributed by atoms with van der Waals surface area (Å²) in [5.41, 5.74) is 0. The van der Waals surface area contributed by atoms with Crippen LogP contribution in [0.2, 0.25) is 0 Å². The van der Waals surface area contributed by atoms with Gasteiger partial charge in [0.15, 0.2) is 10.9 Å². The number of carbonyl (C=O) groups excluding carboxylic acids is 1. The van der Waals surface area contributed by atoms with E-state index in [-0.39, 0.29) is 5.78 Å². The Labute approximate surface area is 100.0 Å². The van der Waals surface area contributed by atoms with Crippen molar-refractivity contribution < 1.29 is 4.79 Å². The van der Waals surface area contributed by atoms with Gasteiger partial charge in [0.1, 0.15) is 0 Å². The number of hydrogen-bond donors (Lipinski definition) is 1. The average Bonchev–Trinajstić information content (AvgIpc) is 2.71. The van der Waals surface area contributed by atoms with Crippen LogP contribution in [0.15, 0.2) is 18.5 Å². The van der Waals surface area contributed by atoms with Crippen molar-refractivity contribution in [1.82, 2.24) is 9.88 Å². The van der Waals surface area contributed by atoms with E-state index in [9.17, 15) is 4.79 Å². The Kier molecular flexibility index (Phi) is 4.98. The van der Waals surface area contributed by atoms with Crippen LogP contribution in [0.1, 0.15) is 23.0 Å². The fourth-order valence-electron chi connectivity index (χ4n) is 1.00. The van der Waals surface area contributed by atoms with E-state index < -0.39 is 0 Å². The SMILES string of the molecule is CCCNc1ncc(C(=O)/C=C/N(C)C)s1. The van der Waals surface area contributed by atoms with Gasteiger partial charge in [0.05, 0.1) is 11.1 Å². The van der Waals surface area contributed by atoms with Gasteiger partial charge in [0.2, 0.25) is 0 Å². The molecule has 0 amide bonds. The number of anilines is 1. The molecule has 0 unspecified atom stereocenters. The van der Waals surface area contributed by atoms with E-state index in [2.05, 4.69) is 17.2 Å². The zero-order valence-electron chi connectivity index (χ0n) is 9.86. The normalized spacial score (nSPS) is 10.7. The number of nitrogens with zero attached hydrogens (tertiary/aromatic N) is 2. The number of rotatable bonds is 6. The van der Waals surface area contributed by atoms with Gasteiger partial charge in [-0.05, 0) is 6.42 Å². The molecule has 0 bridgehead atoms. The summed E-state index contributed by atoms with van der Waals surface area (Å²) in [6.45, 7) is 2.97. The van der Waals surface area contributed by atoms with E-state index in [0.717, 1.165) is 18.1 Å². The fourth-order valence-corrected chi connectivity index (χ4v) is 1.76. The molecule has 1 rings (SSSR count). The molecule has 1 heterocycles. The second-order valence-electron chi connectivity index (χ2n) is 3.60. The molecule has 5 heteroatoms. The minimum Gasteiger partial charge on any atom is -0.383 e. The van der Waals surface area contributed by atoms with Gasteiger partial charge in [-0.1, -0.05) is 18.3 Å². The molecule has 0 saturated heterocycles. The lowest BCUT2D eigenvalue weighted by Gasteiger charge is -2.01. The highest BCUT2D eigenvalue weighted by molar-refractivity contribution is 7.17. The van der Waals surface area contributed by atoms with Gasteiger partial charge in [0.25, 0.3) is 0 Å². The van der Waals surface area contributed by atoms with E-state index in [1.54, 1.807) is 18.5 Å². The maximum atomic E-state index is 11.7. The zero-order chi connectivity index (χ0) is 12.0. The van der Waals surface area contributed by atoms with Gasteiger partial charge in [-0.15, -0.1) is 0 Å². The predicted octanol–water partition coefficient (Wildman–Crippen LogP) is 2.22. The molecule has 1 aromatic rings. The standard InChI is InChI=1S/C11H17N3OS/c1-4-6-12-11-13-8-10(16-11)9(15)5-7-14(2)3/h5,7-8H,4,6H2,1-3H3,(H,12,13)/b7-5+. The number of ketones is 1. The monoisotopic (exact) mass is 239 g/mol. The van der Waals surface area contributed by atoms with Crippen molar-refractivity contribution >= 4 is 22.3 Å². The first-order valence-corrected chi connectivity index (χ1v) is 6.03. The Morgan fingerprint density at radius 1 is 1.62 bits per heavy atom. The largest absolute Gasteiger partial charge is 0.383 e. The van der Waals surface area contributed by atoms with Crippen molar-refractivity contribution in [2.45, 2.75) is 13.3 Å². The molecule has 0 fully saturated rings. The Balaban J connectivity index is 2.59. The van der Waals surface area contributed by atoms with Crippen LogP contribution in [0.3, 0.4) is 0 Å². The Bertz CT molecular complexity index is 371. The van der Waals surface area contributed by atoms with Crippen LogP contribution in [0.4, 0.5) is 5.13 Å². The van der Waals surface area contributed by atoms with Crippen molar-refractivity contribution in [3.05, 3.63) is 23.3 Å². The highest BCUT2D eigenvalue weighted by Crippen LogP contribution is 2.18. The summed E-state index contributed by atoms with van der Waals surface area (Å²) >= 11 is 1.39. The van der Waals surface area contributed by atoms with Crippen molar-refractivity contribution in [3.63, 3.8) is 0 Å². The number of thiazole rings is 1. The van der Waals surface area contributed by atoms with Gasteiger partial charge < -0.3 is 10.2 Å². The summed E-state index contributed by atoms with van der Waals surface area (Å²) in [7, 11) is 3.76. The summed E-state index contributed by atoms with van der Waals surface area (Å²) in [5, 5.41) is 3.96. The van der Waals surface area contributed by atoms with Gasteiger partial charge in [0, 0.05) is 32.9 Å². The molecule has 1 N–H and O–H groups in total. The van der Waals surface area contributed by atoms with E-state index in [0.29, 0.717) is 4.88 Å². The van der Waals surface area contributed by atoms with Crippen molar-refractivity contribution in [3.8, 4) is 0 Å². The minimum absolute atomic E-state index is 0.00394. The van der Waals surface area contributed by atoms with Crippen LogP contribution in [-0.4, -0.2) is 36.3 Å². The summed E-state index contributed by atoms with van der Waals surface area (Å²) in [4.78, 5) is 18.3. The number of carbonyl (C=O) groups is 1. The predicted molar refractivity (Wildman–Crippen MR) is 68.1 cm³/mol. The van der Waals surface area contributed by atoms with Gasteiger partial charge in [-0.2, -0.15) is 0 Å². The lowest BCUT2D eigenvalue weighted by Crippen LogP contribution is -2.02. The lowest BCUT2D eigenvalue weighted by atomic mass is 10.3. The van der Waals surface area contributed by atoms with Gasteiger partial charge in [-0.25, -0.2) is 4.98 Å². The van der Waals surface area contributed by atoms with Crippen molar-refractivity contribution in [2.24, 2.45) is 0 Å². The second-order valence-corrected chi connectivity index (χ2v) is 4.63. The molecule has 0 aliphatic rings. The van der Waals surface area contributed by atoms with E-state index >= 15 is 0 Å². The van der Waals surface area contributed by atoms with Crippen molar-refractivity contribution in [1.29, 1.82) is 0 Å². The third-order valence-electron chi connectivity index (χ3n) is 1.80. The zero-order valence-corrected chi connectivity index (χ0v) is 10.7. The molecule has 0 saturated carbocycles. The first-order chi connectivity index (χ1) is 7.63. The van der Waals surface area contributed by atoms with Crippen LogP contribution in [0.25, 0.3) is 0 Å². The lowest BCUT2D eigenvalue weighted by molar-refractivity contribution is 0.104. The van der Waals surface area contributed by atoms with Gasteiger partial charge >= 0.3 is 0 Å². The maximum absolute atomic E-state index is 11.7. The summed E-state index contributed by atoms with van der Waals surface area (Å²) in [6, 6.07) is 0. The van der Waals surface area contributed by atoms with E-state index in [4.69, 9.17) is 0 Å². The minimum atomic E-state index is -0.00394. The molecule has 1 aromatic heterocycles. The highest BCUT2D eigenvalue weighted by atomic mass is 32.1. The molecular weight excluding hydrogens is 222 g/mol. The topological polar surface area (TPSA) is 45.2 Å². The highest BCUT2D eigenvalue weighted by Gasteiger charge is 2.07. The van der Waals surface area contributed by atoms with Crippen LogP contribution < -0.4 is 5.32 Å².